The van der Waals surface area contributed by atoms with Crippen molar-refractivity contribution in [2.24, 2.45) is 4.99 Å². The first-order chi connectivity index (χ1) is 16.6. The molecule has 0 saturated carbocycles. The van der Waals surface area contributed by atoms with Crippen molar-refractivity contribution in [2.45, 2.75) is 0 Å². The molecule has 5 heteroatoms. The molecule has 0 amide bonds. The van der Waals surface area contributed by atoms with Crippen LogP contribution in [0.15, 0.2) is 158 Å². The SMILES string of the molecule is C=C/C=C\C1=C(C=C)C(C=C)=C(/N=C\C=C)N2B1N(C(/C=C\C=C)=C/C=C)c1ccc(O)cc12. The van der Waals surface area contributed by atoms with E-state index in [0.717, 1.165) is 33.7 Å². The second-order valence-electron chi connectivity index (χ2n) is 7.33. The lowest BCUT2D eigenvalue weighted by molar-refractivity contribution is 0.475. The molecule has 1 aromatic rings. The molecule has 0 aliphatic carbocycles. The molecule has 0 aromatic heterocycles. The van der Waals surface area contributed by atoms with Crippen molar-refractivity contribution in [2.75, 3.05) is 9.62 Å². The van der Waals surface area contributed by atoms with Gasteiger partial charge in [-0.2, -0.15) is 0 Å². The monoisotopic (exact) mass is 445 g/mol. The van der Waals surface area contributed by atoms with Crippen LogP contribution in [0.5, 0.6) is 5.75 Å². The number of aliphatic imine (C=N–C) groups is 1. The van der Waals surface area contributed by atoms with Crippen molar-refractivity contribution in [1.82, 2.24) is 0 Å². The van der Waals surface area contributed by atoms with Crippen molar-refractivity contribution < 1.29 is 5.11 Å². The number of rotatable bonds is 10. The van der Waals surface area contributed by atoms with Crippen molar-refractivity contribution in [3.05, 3.63) is 153 Å². The topological polar surface area (TPSA) is 39.1 Å². The normalized spacial score (nSPS) is 15.9. The molecule has 2 aliphatic rings. The summed E-state index contributed by atoms with van der Waals surface area (Å²) >= 11 is 0. The number of anilines is 2. The predicted molar refractivity (Wildman–Crippen MR) is 149 cm³/mol. The maximum Gasteiger partial charge on any atom is 0.422 e. The lowest BCUT2D eigenvalue weighted by atomic mass is 9.59. The van der Waals surface area contributed by atoms with Crippen LogP contribution in [0.1, 0.15) is 0 Å². The van der Waals surface area contributed by atoms with E-state index in [0.29, 0.717) is 5.82 Å². The smallest absolute Gasteiger partial charge is 0.422 e. The van der Waals surface area contributed by atoms with Crippen molar-refractivity contribution in [1.29, 1.82) is 0 Å². The summed E-state index contributed by atoms with van der Waals surface area (Å²) in [7, 11) is 0. The zero-order valence-electron chi connectivity index (χ0n) is 19.3. The minimum absolute atomic E-state index is 0.157. The van der Waals surface area contributed by atoms with E-state index >= 15 is 0 Å². The Morgan fingerprint density at radius 2 is 1.62 bits per heavy atom. The maximum atomic E-state index is 10.4. The van der Waals surface area contributed by atoms with Crippen molar-refractivity contribution >= 4 is 24.6 Å². The quantitative estimate of drug-likeness (QED) is 0.246. The number of phenolic OH excluding ortho intramolecular Hbond substituents is 1. The summed E-state index contributed by atoms with van der Waals surface area (Å²) < 4.78 is 0. The van der Waals surface area contributed by atoms with Crippen LogP contribution in [0.25, 0.3) is 0 Å². The highest BCUT2D eigenvalue weighted by Crippen LogP contribution is 2.50. The van der Waals surface area contributed by atoms with Crippen molar-refractivity contribution in [3.8, 4) is 5.75 Å². The number of nitrogens with zero attached hydrogens (tertiary/aromatic N) is 3. The summed E-state index contributed by atoms with van der Waals surface area (Å²) in [5, 5.41) is 10.4. The molecule has 0 saturated heterocycles. The van der Waals surface area contributed by atoms with E-state index in [1.165, 1.54) is 0 Å². The molecular weight excluding hydrogens is 417 g/mol. The molecule has 3 rings (SSSR count). The van der Waals surface area contributed by atoms with Gasteiger partial charge in [0.15, 0.2) is 0 Å². The first-order valence-electron chi connectivity index (χ1n) is 10.8. The summed E-state index contributed by atoms with van der Waals surface area (Å²) in [6, 6.07) is 5.31. The first kappa shape index (κ1) is 24.1. The first-order valence-corrected chi connectivity index (χ1v) is 10.8. The Labute approximate surface area is 202 Å². The zero-order chi connectivity index (χ0) is 24.7. The molecule has 0 spiro atoms. The molecule has 1 N–H and O–H groups in total. The number of aromatic hydroxyl groups is 1. The van der Waals surface area contributed by atoms with Gasteiger partial charge in [-0.05, 0) is 35.3 Å². The Bertz CT molecular complexity index is 1240. The van der Waals surface area contributed by atoms with Gasteiger partial charge in [-0.25, -0.2) is 4.99 Å². The van der Waals surface area contributed by atoms with Crippen LogP contribution < -0.4 is 9.62 Å². The Kier molecular flexibility index (Phi) is 7.73. The number of allylic oxidation sites excluding steroid dienone is 14. The highest BCUT2D eigenvalue weighted by atomic mass is 16.3. The molecule has 1 aromatic carbocycles. The van der Waals surface area contributed by atoms with E-state index < -0.39 is 0 Å². The minimum atomic E-state index is -0.331. The average Bonchev–Trinajstić information content (AvgIpc) is 3.17. The fraction of sp³-hybridized carbons (Fsp3) is 0. The van der Waals surface area contributed by atoms with Crippen LogP contribution in [0.4, 0.5) is 11.4 Å². The van der Waals surface area contributed by atoms with E-state index in [4.69, 9.17) is 4.99 Å². The van der Waals surface area contributed by atoms with Gasteiger partial charge in [0.1, 0.15) is 11.6 Å². The lowest BCUT2D eigenvalue weighted by Crippen LogP contribution is -2.51. The summed E-state index contributed by atoms with van der Waals surface area (Å²) in [6.07, 6.45) is 21.7. The summed E-state index contributed by atoms with van der Waals surface area (Å²) in [5.41, 5.74) is 5.28. The minimum Gasteiger partial charge on any atom is -0.508 e. The van der Waals surface area contributed by atoms with E-state index in [9.17, 15) is 5.11 Å². The van der Waals surface area contributed by atoms with Crippen LogP contribution in [0.2, 0.25) is 0 Å². The van der Waals surface area contributed by atoms with Gasteiger partial charge < -0.3 is 14.7 Å². The largest absolute Gasteiger partial charge is 0.508 e. The van der Waals surface area contributed by atoms with E-state index in [2.05, 4.69) is 49.1 Å². The fourth-order valence-corrected chi connectivity index (χ4v) is 4.16. The van der Waals surface area contributed by atoms with Gasteiger partial charge >= 0.3 is 6.98 Å². The maximum absolute atomic E-state index is 10.4. The average molecular weight is 445 g/mol. The second-order valence-corrected chi connectivity index (χ2v) is 7.33. The second kappa shape index (κ2) is 10.9. The van der Waals surface area contributed by atoms with Crippen LogP contribution in [-0.2, 0) is 0 Å². The third-order valence-corrected chi connectivity index (χ3v) is 5.41. The number of phenols is 1. The molecular formula is C29H28BN3O. The van der Waals surface area contributed by atoms with Crippen LogP contribution in [0.3, 0.4) is 0 Å². The number of hydrogen-bond acceptors (Lipinski definition) is 4. The van der Waals surface area contributed by atoms with E-state index in [-0.39, 0.29) is 12.7 Å². The molecule has 2 aliphatic heterocycles. The van der Waals surface area contributed by atoms with Gasteiger partial charge in [0.05, 0.1) is 11.4 Å². The molecule has 34 heavy (non-hydrogen) atoms. The molecule has 0 bridgehead atoms. The number of fused-ring (bicyclic) bond motifs is 3. The van der Waals surface area contributed by atoms with Crippen LogP contribution >= 0.6 is 0 Å². The molecule has 0 fully saturated rings. The van der Waals surface area contributed by atoms with Gasteiger partial charge in [0, 0.05) is 23.6 Å². The van der Waals surface area contributed by atoms with Gasteiger partial charge in [0.25, 0.3) is 0 Å². The Hall–Kier alpha value is -4.51. The lowest BCUT2D eigenvalue weighted by Gasteiger charge is -2.36. The van der Waals surface area contributed by atoms with E-state index in [1.807, 2.05) is 42.5 Å². The Balaban J connectivity index is 2.48. The number of benzene rings is 1. The predicted octanol–water partition coefficient (Wildman–Crippen LogP) is 6.75. The fourth-order valence-electron chi connectivity index (χ4n) is 4.16. The Morgan fingerprint density at radius 1 is 0.882 bits per heavy atom. The third-order valence-electron chi connectivity index (χ3n) is 5.41. The molecule has 0 unspecified atom stereocenters. The Morgan fingerprint density at radius 3 is 2.24 bits per heavy atom. The van der Waals surface area contributed by atoms with Gasteiger partial charge in [-0.1, -0.05) is 94.2 Å². The summed E-state index contributed by atoms with van der Waals surface area (Å²) in [6.45, 7) is 23.1. The van der Waals surface area contributed by atoms with E-state index in [1.54, 1.807) is 48.7 Å². The number of hydrogen-bond donors (Lipinski definition) is 1. The van der Waals surface area contributed by atoms with Crippen molar-refractivity contribution in [3.63, 3.8) is 0 Å². The van der Waals surface area contributed by atoms with Crippen LogP contribution in [-0.4, -0.2) is 18.3 Å². The molecule has 0 atom stereocenters. The summed E-state index contributed by atoms with van der Waals surface area (Å²) in [4.78, 5) is 8.98. The van der Waals surface area contributed by atoms with Gasteiger partial charge in [-0.3, -0.25) is 0 Å². The van der Waals surface area contributed by atoms with Gasteiger partial charge in [0.2, 0.25) is 0 Å². The van der Waals surface area contributed by atoms with Crippen LogP contribution in [0, 0.1) is 0 Å². The summed E-state index contributed by atoms with van der Waals surface area (Å²) in [5.74, 6) is 0.828. The third kappa shape index (κ3) is 4.24. The standard InChI is InChI=1S/C29H28BN3O/c1-7-13-16-22(15-9-3)32-27-19-18-23(34)21-28(27)33-29(31-20-10-4)25(12-6)24(11-5)26(30(32)33)17-14-8-2/h7-21,34H,1-6H2/b16-13-,17-14-,22-15+,31-20-. The molecule has 0 radical (unpaired) electrons. The molecule has 168 valence electrons. The molecule has 2 heterocycles. The molecule has 4 nitrogen and oxygen atoms in total. The zero-order valence-corrected chi connectivity index (χ0v) is 19.3. The highest BCUT2D eigenvalue weighted by molar-refractivity contribution is 6.79. The highest BCUT2D eigenvalue weighted by Gasteiger charge is 2.49. The van der Waals surface area contributed by atoms with Gasteiger partial charge in [-0.15, -0.1) is 0 Å².